The summed E-state index contributed by atoms with van der Waals surface area (Å²) in [7, 11) is 0. The van der Waals surface area contributed by atoms with E-state index in [1.165, 1.54) is 29.1 Å². The van der Waals surface area contributed by atoms with Gasteiger partial charge in [-0.1, -0.05) is 24.3 Å². The molecule has 1 aromatic heterocycles. The largest absolute Gasteiger partial charge is 0.278 e. The van der Waals surface area contributed by atoms with Crippen molar-refractivity contribution in [2.24, 2.45) is 5.10 Å². The predicted molar refractivity (Wildman–Crippen MR) is 88.9 cm³/mol. The first-order valence-corrected chi connectivity index (χ1v) is 7.19. The summed E-state index contributed by atoms with van der Waals surface area (Å²) in [5, 5.41) is 21.7. The van der Waals surface area contributed by atoms with Gasteiger partial charge < -0.3 is 0 Å². The number of H-pyrrole nitrogens is 1. The van der Waals surface area contributed by atoms with Crippen LogP contribution < -0.4 is 0 Å². The molecule has 120 valence electrons. The molecule has 1 heterocycles. The smallest absolute Gasteiger partial charge is 0.258 e. The Morgan fingerprint density at radius 3 is 2.71 bits per heavy atom. The predicted octanol–water partition coefficient (Wildman–Crippen LogP) is 3.54. The van der Waals surface area contributed by atoms with Crippen molar-refractivity contribution in [2.45, 2.75) is 0 Å². The third kappa shape index (κ3) is 2.97. The van der Waals surface area contributed by atoms with Crippen LogP contribution in [0.1, 0.15) is 5.56 Å². The third-order valence-electron chi connectivity index (χ3n) is 3.21. The standard InChI is InChI=1S/C15H10FN5O2S/c16-12-7-3-2-6-11(12)14-18-19-15(24)20(14)17-9-10-5-1-4-8-13(10)21(22)23/h1-9H,(H,19,24)/b17-9-. The molecule has 7 nitrogen and oxygen atoms in total. The van der Waals surface area contributed by atoms with Crippen molar-refractivity contribution in [1.29, 1.82) is 0 Å². The third-order valence-corrected chi connectivity index (χ3v) is 3.48. The van der Waals surface area contributed by atoms with Crippen LogP contribution in [0.15, 0.2) is 53.6 Å². The zero-order valence-corrected chi connectivity index (χ0v) is 12.9. The number of aromatic amines is 1. The highest BCUT2D eigenvalue weighted by Gasteiger charge is 2.13. The minimum atomic E-state index is -0.506. The molecule has 9 heteroatoms. The zero-order chi connectivity index (χ0) is 17.1. The molecule has 2 aromatic carbocycles. The summed E-state index contributed by atoms with van der Waals surface area (Å²) in [6.45, 7) is 0. The highest BCUT2D eigenvalue weighted by molar-refractivity contribution is 7.71. The molecular formula is C15H10FN5O2S. The van der Waals surface area contributed by atoms with E-state index in [0.29, 0.717) is 5.56 Å². The van der Waals surface area contributed by atoms with Crippen LogP contribution in [0, 0.1) is 20.7 Å². The van der Waals surface area contributed by atoms with E-state index in [-0.39, 0.29) is 21.8 Å². The molecule has 0 aliphatic rings. The Kier molecular flexibility index (Phi) is 4.25. The molecule has 0 saturated heterocycles. The lowest BCUT2D eigenvalue weighted by Gasteiger charge is -2.02. The molecule has 0 fully saturated rings. The molecule has 0 spiro atoms. The fourth-order valence-electron chi connectivity index (χ4n) is 2.10. The Balaban J connectivity index is 2.07. The highest BCUT2D eigenvalue weighted by Crippen LogP contribution is 2.21. The van der Waals surface area contributed by atoms with Gasteiger partial charge in [0.1, 0.15) is 5.82 Å². The van der Waals surface area contributed by atoms with Crippen LogP contribution >= 0.6 is 12.2 Å². The van der Waals surface area contributed by atoms with Gasteiger partial charge in [-0.15, -0.1) is 0 Å². The van der Waals surface area contributed by atoms with Crippen LogP contribution in [0.5, 0.6) is 0 Å². The maximum absolute atomic E-state index is 14.0. The zero-order valence-electron chi connectivity index (χ0n) is 12.1. The second-order valence-electron chi connectivity index (χ2n) is 4.70. The van der Waals surface area contributed by atoms with Gasteiger partial charge in [-0.25, -0.2) is 9.49 Å². The van der Waals surface area contributed by atoms with Crippen molar-refractivity contribution < 1.29 is 9.31 Å². The molecule has 0 unspecified atom stereocenters. The van der Waals surface area contributed by atoms with E-state index in [1.54, 1.807) is 30.3 Å². The lowest BCUT2D eigenvalue weighted by atomic mass is 10.2. The lowest BCUT2D eigenvalue weighted by Crippen LogP contribution is -1.98. The summed E-state index contributed by atoms with van der Waals surface area (Å²) < 4.78 is 15.3. The Hall–Kier alpha value is -3.20. The number of nitro benzene ring substituents is 1. The van der Waals surface area contributed by atoms with E-state index in [2.05, 4.69) is 15.3 Å². The van der Waals surface area contributed by atoms with Gasteiger partial charge in [-0.3, -0.25) is 10.1 Å². The number of aromatic nitrogens is 3. The maximum Gasteiger partial charge on any atom is 0.278 e. The lowest BCUT2D eigenvalue weighted by molar-refractivity contribution is -0.385. The summed E-state index contributed by atoms with van der Waals surface area (Å²) in [6.07, 6.45) is 1.29. The average molecular weight is 343 g/mol. The number of nitro groups is 1. The molecular weight excluding hydrogens is 333 g/mol. The van der Waals surface area contributed by atoms with E-state index in [1.807, 2.05) is 0 Å². The van der Waals surface area contributed by atoms with Crippen molar-refractivity contribution in [3.63, 3.8) is 0 Å². The normalized spacial score (nSPS) is 11.0. The van der Waals surface area contributed by atoms with Crippen LogP contribution in [0.4, 0.5) is 10.1 Å². The quantitative estimate of drug-likeness (QED) is 0.340. The van der Waals surface area contributed by atoms with Gasteiger partial charge >= 0.3 is 0 Å². The monoisotopic (exact) mass is 343 g/mol. The highest BCUT2D eigenvalue weighted by atomic mass is 32.1. The molecule has 0 atom stereocenters. The fourth-order valence-corrected chi connectivity index (χ4v) is 2.28. The summed E-state index contributed by atoms with van der Waals surface area (Å²) >= 11 is 5.09. The number of hydrogen-bond acceptors (Lipinski definition) is 5. The molecule has 1 N–H and O–H groups in total. The van der Waals surface area contributed by atoms with E-state index in [9.17, 15) is 14.5 Å². The summed E-state index contributed by atoms with van der Waals surface area (Å²) in [5.74, 6) is -0.304. The second-order valence-corrected chi connectivity index (χ2v) is 5.09. The second kappa shape index (κ2) is 6.50. The van der Waals surface area contributed by atoms with E-state index in [4.69, 9.17) is 12.2 Å². The van der Waals surface area contributed by atoms with Crippen LogP contribution in [-0.2, 0) is 0 Å². The first kappa shape index (κ1) is 15.7. The van der Waals surface area contributed by atoms with Crippen LogP contribution in [0.2, 0.25) is 0 Å². The number of hydrogen-bond donors (Lipinski definition) is 1. The Bertz CT molecular complexity index is 995. The van der Waals surface area contributed by atoms with Crippen LogP contribution in [0.25, 0.3) is 11.4 Å². The Labute approximate surface area is 140 Å². The Morgan fingerprint density at radius 2 is 1.96 bits per heavy atom. The topological polar surface area (TPSA) is 89.1 Å². The number of halogens is 1. The summed E-state index contributed by atoms with van der Waals surface area (Å²) in [5.41, 5.74) is 0.415. The van der Waals surface area contributed by atoms with Crippen molar-refractivity contribution in [2.75, 3.05) is 0 Å². The molecule has 3 rings (SSSR count). The van der Waals surface area contributed by atoms with Gasteiger partial charge in [-0.2, -0.15) is 14.9 Å². The minimum absolute atomic E-state index is 0.0938. The average Bonchev–Trinajstić information content (AvgIpc) is 2.94. The van der Waals surface area contributed by atoms with Crippen LogP contribution in [-0.4, -0.2) is 26.0 Å². The van der Waals surface area contributed by atoms with Gasteiger partial charge in [0, 0.05) is 6.07 Å². The van der Waals surface area contributed by atoms with Gasteiger partial charge in [0.15, 0.2) is 5.82 Å². The SMILES string of the molecule is O=[N+]([O-])c1ccccc1/C=N\n1c(-c2ccccc2F)n[nH]c1=S. The van der Waals surface area contributed by atoms with Crippen LogP contribution in [0.3, 0.4) is 0 Å². The van der Waals surface area contributed by atoms with E-state index >= 15 is 0 Å². The molecule has 24 heavy (non-hydrogen) atoms. The molecule has 0 aliphatic carbocycles. The van der Waals surface area contributed by atoms with Gasteiger partial charge in [0.2, 0.25) is 4.77 Å². The van der Waals surface area contributed by atoms with Gasteiger partial charge in [0.05, 0.1) is 22.3 Å². The number of rotatable bonds is 4. The number of nitrogens with one attached hydrogen (secondary N) is 1. The van der Waals surface area contributed by atoms with E-state index in [0.717, 1.165) is 0 Å². The van der Waals surface area contributed by atoms with Gasteiger partial charge in [-0.05, 0) is 30.4 Å². The molecule has 0 amide bonds. The maximum atomic E-state index is 14.0. The van der Waals surface area contributed by atoms with Gasteiger partial charge in [0.25, 0.3) is 5.69 Å². The van der Waals surface area contributed by atoms with Crippen molar-refractivity contribution in [3.05, 3.63) is 74.8 Å². The van der Waals surface area contributed by atoms with E-state index < -0.39 is 10.7 Å². The molecule has 3 aromatic rings. The van der Waals surface area contributed by atoms with Crippen molar-refractivity contribution >= 4 is 24.1 Å². The first-order chi connectivity index (χ1) is 11.6. The first-order valence-electron chi connectivity index (χ1n) is 6.78. The molecule has 0 saturated carbocycles. The number of nitrogens with zero attached hydrogens (tertiary/aromatic N) is 4. The molecule has 0 radical (unpaired) electrons. The Morgan fingerprint density at radius 1 is 1.25 bits per heavy atom. The minimum Gasteiger partial charge on any atom is -0.258 e. The van der Waals surface area contributed by atoms with Crippen molar-refractivity contribution in [3.8, 4) is 11.4 Å². The number of para-hydroxylation sites is 1. The van der Waals surface area contributed by atoms with Crippen molar-refractivity contribution in [1.82, 2.24) is 14.9 Å². The summed E-state index contributed by atoms with van der Waals surface area (Å²) in [4.78, 5) is 10.5. The molecule has 0 bridgehead atoms. The fraction of sp³-hybridized carbons (Fsp3) is 0. The number of benzene rings is 2. The summed E-state index contributed by atoms with van der Waals surface area (Å²) in [6, 6.07) is 12.2. The molecule has 0 aliphatic heterocycles.